The molecule has 0 radical (unpaired) electrons. The van der Waals surface area contributed by atoms with Crippen molar-refractivity contribution in [3.8, 4) is 0 Å². The van der Waals surface area contributed by atoms with Gasteiger partial charge in [0.1, 0.15) is 5.82 Å². The fourth-order valence-corrected chi connectivity index (χ4v) is 3.04. The number of carbonyl (C=O) groups is 2. The summed E-state index contributed by atoms with van der Waals surface area (Å²) in [7, 11) is 0. The number of carbonyl (C=O) groups excluding carboxylic acids is 2. The molecule has 3 rings (SSSR count). The lowest BCUT2D eigenvalue weighted by molar-refractivity contribution is 0.0602. The summed E-state index contributed by atoms with van der Waals surface area (Å²) in [5.41, 5.74) is 1.21. The third kappa shape index (κ3) is 3.78. The van der Waals surface area contributed by atoms with Crippen molar-refractivity contribution in [2.75, 3.05) is 13.1 Å². The zero-order valence-corrected chi connectivity index (χ0v) is 14.4. The molecule has 6 heteroatoms. The van der Waals surface area contributed by atoms with Crippen molar-refractivity contribution in [3.63, 3.8) is 0 Å². The van der Waals surface area contributed by atoms with Crippen molar-refractivity contribution in [2.24, 2.45) is 5.92 Å². The molecule has 5 nitrogen and oxygen atoms in total. The number of rotatable bonds is 4. The van der Waals surface area contributed by atoms with Crippen LogP contribution in [0.3, 0.4) is 0 Å². The second-order valence-electron chi connectivity index (χ2n) is 6.73. The molecule has 0 spiro atoms. The standard InChI is InChI=1S/C19H21FN2O3/c1-12(2)16-10-17(25-21-16)19(24)22-9-3-4-14(11-22)18(23)13-5-7-15(20)8-6-13/h5-8,10,12,14H,3-4,9,11H2,1-2H3/t14-/m0/s1. The highest BCUT2D eigenvalue weighted by Crippen LogP contribution is 2.23. The van der Waals surface area contributed by atoms with Gasteiger partial charge in [-0.05, 0) is 43.0 Å². The first-order valence-corrected chi connectivity index (χ1v) is 8.51. The number of hydrogen-bond acceptors (Lipinski definition) is 4. The Kier molecular flexibility index (Phi) is 4.97. The third-order valence-electron chi connectivity index (χ3n) is 4.54. The van der Waals surface area contributed by atoms with Gasteiger partial charge in [0.25, 0.3) is 5.91 Å². The first kappa shape index (κ1) is 17.3. The van der Waals surface area contributed by atoms with E-state index in [0.29, 0.717) is 25.1 Å². The van der Waals surface area contributed by atoms with E-state index in [2.05, 4.69) is 5.16 Å². The van der Waals surface area contributed by atoms with Crippen molar-refractivity contribution < 1.29 is 18.5 Å². The predicted octanol–water partition coefficient (Wildman–Crippen LogP) is 3.67. The molecule has 1 aliphatic rings. The van der Waals surface area contributed by atoms with Gasteiger partial charge in [-0.15, -0.1) is 0 Å². The van der Waals surface area contributed by atoms with Crippen molar-refractivity contribution >= 4 is 11.7 Å². The summed E-state index contributed by atoms with van der Waals surface area (Å²) in [4.78, 5) is 26.9. The average Bonchev–Trinajstić information content (AvgIpc) is 3.12. The molecule has 1 aromatic carbocycles. The maximum atomic E-state index is 13.0. The van der Waals surface area contributed by atoms with E-state index in [9.17, 15) is 14.0 Å². The first-order chi connectivity index (χ1) is 12.0. The average molecular weight is 344 g/mol. The van der Waals surface area contributed by atoms with Gasteiger partial charge < -0.3 is 9.42 Å². The fourth-order valence-electron chi connectivity index (χ4n) is 3.04. The lowest BCUT2D eigenvalue weighted by atomic mass is 9.90. The molecule has 25 heavy (non-hydrogen) atoms. The Hall–Kier alpha value is -2.50. The van der Waals surface area contributed by atoms with E-state index in [1.807, 2.05) is 13.8 Å². The summed E-state index contributed by atoms with van der Waals surface area (Å²) in [6.07, 6.45) is 1.46. The van der Waals surface area contributed by atoms with Gasteiger partial charge >= 0.3 is 0 Å². The maximum Gasteiger partial charge on any atom is 0.292 e. The smallest absolute Gasteiger partial charge is 0.292 e. The van der Waals surface area contributed by atoms with Gasteiger partial charge in [0.15, 0.2) is 5.78 Å². The minimum atomic E-state index is -0.372. The number of nitrogens with zero attached hydrogens (tertiary/aromatic N) is 2. The number of ketones is 1. The molecular weight excluding hydrogens is 323 g/mol. The van der Waals surface area contributed by atoms with E-state index < -0.39 is 0 Å². The third-order valence-corrected chi connectivity index (χ3v) is 4.54. The number of piperidine rings is 1. The summed E-state index contributed by atoms with van der Waals surface area (Å²) < 4.78 is 18.2. The second-order valence-corrected chi connectivity index (χ2v) is 6.73. The summed E-state index contributed by atoms with van der Waals surface area (Å²) in [6.45, 7) is 4.88. The number of likely N-dealkylation sites (tertiary alicyclic amines) is 1. The van der Waals surface area contributed by atoms with Crippen LogP contribution in [-0.2, 0) is 0 Å². The minimum Gasteiger partial charge on any atom is -0.351 e. The summed E-state index contributed by atoms with van der Waals surface area (Å²) >= 11 is 0. The zero-order chi connectivity index (χ0) is 18.0. The van der Waals surface area contributed by atoms with Crippen molar-refractivity contribution in [1.82, 2.24) is 10.1 Å². The highest BCUT2D eigenvalue weighted by atomic mass is 19.1. The lowest BCUT2D eigenvalue weighted by Crippen LogP contribution is -2.42. The van der Waals surface area contributed by atoms with Gasteiger partial charge in [-0.25, -0.2) is 4.39 Å². The Morgan fingerprint density at radius 2 is 2.00 bits per heavy atom. The van der Waals surface area contributed by atoms with Crippen LogP contribution in [0.1, 0.15) is 59.2 Å². The van der Waals surface area contributed by atoms with Gasteiger partial charge in [-0.2, -0.15) is 0 Å². The number of halogens is 1. The highest BCUT2D eigenvalue weighted by molar-refractivity contribution is 5.99. The van der Waals surface area contributed by atoms with Crippen LogP contribution in [0.4, 0.5) is 4.39 Å². The molecule has 1 aliphatic heterocycles. The molecule has 1 aromatic heterocycles. The molecular formula is C19H21FN2O3. The minimum absolute atomic E-state index is 0.0575. The van der Waals surface area contributed by atoms with Crippen LogP contribution in [0.2, 0.25) is 0 Å². The molecule has 2 aromatic rings. The maximum absolute atomic E-state index is 13.0. The Morgan fingerprint density at radius 3 is 2.64 bits per heavy atom. The molecule has 1 fully saturated rings. The predicted molar refractivity (Wildman–Crippen MR) is 90.0 cm³/mol. The van der Waals surface area contributed by atoms with Crippen LogP contribution in [0.25, 0.3) is 0 Å². The summed E-state index contributed by atoms with van der Waals surface area (Å²) in [5.74, 6) is -0.564. The van der Waals surface area contributed by atoms with Gasteiger partial charge in [-0.3, -0.25) is 9.59 Å². The van der Waals surface area contributed by atoms with E-state index in [-0.39, 0.29) is 35.1 Å². The molecule has 0 N–H and O–H groups in total. The topological polar surface area (TPSA) is 63.4 Å². The molecule has 1 amide bonds. The molecule has 0 unspecified atom stereocenters. The molecule has 1 atom stereocenters. The van der Waals surface area contributed by atoms with Gasteiger partial charge in [0, 0.05) is 30.6 Å². The highest BCUT2D eigenvalue weighted by Gasteiger charge is 2.31. The number of aromatic nitrogens is 1. The van der Waals surface area contributed by atoms with Crippen LogP contribution >= 0.6 is 0 Å². The monoisotopic (exact) mass is 344 g/mol. The first-order valence-electron chi connectivity index (χ1n) is 8.51. The Balaban J connectivity index is 1.70. The molecule has 132 valence electrons. The zero-order valence-electron chi connectivity index (χ0n) is 14.4. The van der Waals surface area contributed by atoms with E-state index in [0.717, 1.165) is 12.1 Å². The van der Waals surface area contributed by atoms with Crippen LogP contribution in [0, 0.1) is 11.7 Å². The normalized spacial score (nSPS) is 17.8. The van der Waals surface area contributed by atoms with Crippen molar-refractivity contribution in [3.05, 3.63) is 53.2 Å². The number of amides is 1. The number of hydrogen-bond donors (Lipinski definition) is 0. The van der Waals surface area contributed by atoms with E-state index >= 15 is 0 Å². The Morgan fingerprint density at radius 1 is 1.28 bits per heavy atom. The SMILES string of the molecule is CC(C)c1cc(C(=O)N2CCC[C@H](C(=O)c3ccc(F)cc3)C2)on1. The van der Waals surface area contributed by atoms with E-state index in [1.54, 1.807) is 11.0 Å². The lowest BCUT2D eigenvalue weighted by Gasteiger charge is -2.31. The molecule has 1 saturated heterocycles. The summed E-state index contributed by atoms with van der Waals surface area (Å²) in [5, 5.41) is 3.92. The van der Waals surface area contributed by atoms with Crippen LogP contribution in [0.5, 0.6) is 0 Å². The quantitative estimate of drug-likeness (QED) is 0.794. The molecule has 2 heterocycles. The van der Waals surface area contributed by atoms with Gasteiger partial charge in [0.05, 0.1) is 5.69 Å². The Bertz CT molecular complexity index is 767. The largest absolute Gasteiger partial charge is 0.351 e. The van der Waals surface area contributed by atoms with Crippen molar-refractivity contribution in [2.45, 2.75) is 32.6 Å². The molecule has 0 aliphatic carbocycles. The fraction of sp³-hybridized carbons (Fsp3) is 0.421. The number of Topliss-reactive ketones (excluding diaryl/α,β-unsaturated/α-hetero) is 1. The van der Waals surface area contributed by atoms with E-state index in [4.69, 9.17) is 4.52 Å². The van der Waals surface area contributed by atoms with Gasteiger partial charge in [-0.1, -0.05) is 19.0 Å². The second kappa shape index (κ2) is 7.17. The van der Waals surface area contributed by atoms with Crippen LogP contribution in [-0.4, -0.2) is 34.8 Å². The molecule has 0 bridgehead atoms. The van der Waals surface area contributed by atoms with Crippen LogP contribution in [0.15, 0.2) is 34.9 Å². The summed E-state index contributed by atoms with van der Waals surface area (Å²) in [6, 6.07) is 7.20. The number of benzene rings is 1. The van der Waals surface area contributed by atoms with E-state index in [1.165, 1.54) is 24.3 Å². The Labute approximate surface area is 145 Å². The van der Waals surface area contributed by atoms with Gasteiger partial charge in [0.2, 0.25) is 5.76 Å². The van der Waals surface area contributed by atoms with Crippen LogP contribution < -0.4 is 0 Å². The molecule has 0 saturated carbocycles. The van der Waals surface area contributed by atoms with Crippen molar-refractivity contribution in [1.29, 1.82) is 0 Å².